The minimum absolute atomic E-state index is 0.188. The van der Waals surface area contributed by atoms with E-state index in [2.05, 4.69) is 15.0 Å². The fraction of sp³-hybridized carbons (Fsp3) is 0.429. The Morgan fingerprint density at radius 2 is 2.06 bits per heavy atom. The number of ether oxygens (including phenoxy) is 2. The van der Waals surface area contributed by atoms with Gasteiger partial charge in [0, 0.05) is 23.4 Å². The van der Waals surface area contributed by atoms with Crippen LogP contribution in [0.1, 0.15) is 43.0 Å². The summed E-state index contributed by atoms with van der Waals surface area (Å²) in [5.74, 6) is -3.34. The maximum atomic E-state index is 13.5. The standard InChI is InChI=1S/C12H11F5O2.C9H12N2O2/c1-18-11-7(2-3-8(13)10(11)14)6-4-9(19-5-6)12(15,16)17;1-2-9(13)8-5-7(11-6-12)3-4-10-8/h2-3,6,9H,4-5H2,1H3;3-6,9,13H,2H2,1H3,(H,10,11,12). The Morgan fingerprint density at radius 1 is 1.34 bits per heavy atom. The molecule has 0 radical (unpaired) electrons. The number of aromatic nitrogens is 1. The van der Waals surface area contributed by atoms with E-state index in [1.54, 1.807) is 18.3 Å². The van der Waals surface area contributed by atoms with Gasteiger partial charge in [0.1, 0.15) is 0 Å². The smallest absolute Gasteiger partial charge is 0.414 e. The highest BCUT2D eigenvalue weighted by Gasteiger charge is 2.46. The minimum Gasteiger partial charge on any atom is -0.493 e. The van der Waals surface area contributed by atoms with E-state index in [0.717, 1.165) is 13.2 Å². The van der Waals surface area contributed by atoms with E-state index in [1.165, 1.54) is 6.07 Å². The molecule has 3 rings (SSSR count). The number of halogens is 5. The normalized spacial score (nSPS) is 19.0. The predicted octanol–water partition coefficient (Wildman–Crippen LogP) is 4.50. The summed E-state index contributed by atoms with van der Waals surface area (Å²) in [6, 6.07) is 5.42. The number of hydrogen-bond donors (Lipinski definition) is 2. The van der Waals surface area contributed by atoms with Crippen LogP contribution < -0.4 is 10.1 Å². The number of benzene rings is 1. The van der Waals surface area contributed by atoms with E-state index in [9.17, 15) is 31.9 Å². The second kappa shape index (κ2) is 11.2. The minimum atomic E-state index is -4.46. The molecule has 1 amide bonds. The number of anilines is 1. The van der Waals surface area contributed by atoms with Gasteiger partial charge in [-0.15, -0.1) is 0 Å². The number of carbonyl (C=O) groups is 1. The number of rotatable bonds is 6. The van der Waals surface area contributed by atoms with Crippen molar-refractivity contribution in [3.63, 3.8) is 0 Å². The molecular formula is C21H23F5N2O4. The highest BCUT2D eigenvalue weighted by atomic mass is 19.4. The number of aliphatic hydroxyl groups is 1. The fourth-order valence-corrected chi connectivity index (χ4v) is 3.15. The van der Waals surface area contributed by atoms with Gasteiger partial charge >= 0.3 is 6.18 Å². The van der Waals surface area contributed by atoms with Gasteiger partial charge in [0.05, 0.1) is 25.5 Å². The first-order valence-corrected chi connectivity index (χ1v) is 9.66. The molecule has 6 nitrogen and oxygen atoms in total. The van der Waals surface area contributed by atoms with Crippen LogP contribution in [0.3, 0.4) is 0 Å². The van der Waals surface area contributed by atoms with E-state index >= 15 is 0 Å². The maximum Gasteiger partial charge on any atom is 0.414 e. The lowest BCUT2D eigenvalue weighted by Gasteiger charge is -2.15. The van der Waals surface area contributed by atoms with E-state index < -0.39 is 35.9 Å². The Morgan fingerprint density at radius 3 is 2.62 bits per heavy atom. The van der Waals surface area contributed by atoms with Crippen molar-refractivity contribution in [2.75, 3.05) is 19.0 Å². The van der Waals surface area contributed by atoms with Crippen LogP contribution in [-0.2, 0) is 9.53 Å². The topological polar surface area (TPSA) is 80.7 Å². The van der Waals surface area contributed by atoms with Crippen molar-refractivity contribution in [1.82, 2.24) is 4.98 Å². The largest absolute Gasteiger partial charge is 0.493 e. The average molecular weight is 462 g/mol. The lowest BCUT2D eigenvalue weighted by Crippen LogP contribution is -2.27. The van der Waals surface area contributed by atoms with Gasteiger partial charge in [-0.3, -0.25) is 9.78 Å². The van der Waals surface area contributed by atoms with E-state index in [4.69, 9.17) is 4.74 Å². The van der Waals surface area contributed by atoms with Crippen molar-refractivity contribution < 1.29 is 41.3 Å². The first-order chi connectivity index (χ1) is 15.1. The van der Waals surface area contributed by atoms with Crippen LogP contribution in [0.4, 0.5) is 27.6 Å². The van der Waals surface area contributed by atoms with E-state index in [1.807, 2.05) is 6.92 Å². The van der Waals surface area contributed by atoms with Gasteiger partial charge in [0.15, 0.2) is 17.7 Å². The summed E-state index contributed by atoms with van der Waals surface area (Å²) in [5, 5.41) is 11.9. The third-order valence-corrected chi connectivity index (χ3v) is 4.82. The summed E-state index contributed by atoms with van der Waals surface area (Å²) in [6.07, 6.45) is -4.47. The van der Waals surface area contributed by atoms with Gasteiger partial charge in [-0.25, -0.2) is 4.39 Å². The molecule has 0 spiro atoms. The van der Waals surface area contributed by atoms with E-state index in [-0.39, 0.29) is 24.3 Å². The summed E-state index contributed by atoms with van der Waals surface area (Å²) in [5.41, 5.74) is 1.41. The van der Waals surface area contributed by atoms with Crippen LogP contribution in [0.25, 0.3) is 0 Å². The van der Waals surface area contributed by atoms with Gasteiger partial charge < -0.3 is 19.9 Å². The number of pyridine rings is 1. The fourth-order valence-electron chi connectivity index (χ4n) is 3.15. The first-order valence-electron chi connectivity index (χ1n) is 9.66. The van der Waals surface area contributed by atoms with Gasteiger partial charge in [-0.05, 0) is 31.0 Å². The monoisotopic (exact) mass is 462 g/mol. The Kier molecular flexibility index (Phi) is 8.90. The lowest BCUT2D eigenvalue weighted by molar-refractivity contribution is -0.206. The summed E-state index contributed by atoms with van der Waals surface area (Å²) >= 11 is 0. The van der Waals surface area contributed by atoms with Crippen LogP contribution in [0.15, 0.2) is 30.5 Å². The molecule has 1 fully saturated rings. The second-order valence-corrected chi connectivity index (χ2v) is 6.94. The molecule has 0 saturated carbocycles. The lowest BCUT2D eigenvalue weighted by atomic mass is 9.95. The van der Waals surface area contributed by atoms with Crippen molar-refractivity contribution in [2.45, 2.75) is 44.1 Å². The molecule has 1 saturated heterocycles. The number of nitrogens with one attached hydrogen (secondary N) is 1. The van der Waals surface area contributed by atoms with Crippen molar-refractivity contribution >= 4 is 12.1 Å². The molecule has 1 aliphatic rings. The Bertz CT molecular complexity index is 910. The highest BCUT2D eigenvalue weighted by molar-refractivity contribution is 5.70. The molecule has 3 unspecified atom stereocenters. The molecule has 2 N–H and O–H groups in total. The first kappa shape index (κ1) is 25.5. The van der Waals surface area contributed by atoms with Crippen molar-refractivity contribution in [1.29, 1.82) is 0 Å². The SMILES string of the molecule is CCC(O)c1cc(NC=O)ccn1.COc1c(C2COC(C(F)(F)F)C2)ccc(F)c1F. The molecular weight excluding hydrogens is 439 g/mol. The number of carbonyl (C=O) groups excluding carboxylic acids is 1. The second-order valence-electron chi connectivity index (χ2n) is 6.94. The zero-order chi connectivity index (χ0) is 23.9. The predicted molar refractivity (Wildman–Crippen MR) is 105 cm³/mol. The number of amides is 1. The van der Waals surface area contributed by atoms with Crippen LogP contribution >= 0.6 is 0 Å². The van der Waals surface area contributed by atoms with Gasteiger partial charge in [-0.1, -0.05) is 13.0 Å². The van der Waals surface area contributed by atoms with Crippen LogP contribution in [0.2, 0.25) is 0 Å². The molecule has 1 aliphatic heterocycles. The molecule has 176 valence electrons. The molecule has 32 heavy (non-hydrogen) atoms. The number of aliphatic hydroxyl groups excluding tert-OH is 1. The zero-order valence-electron chi connectivity index (χ0n) is 17.3. The maximum absolute atomic E-state index is 13.5. The zero-order valence-corrected chi connectivity index (χ0v) is 17.3. The van der Waals surface area contributed by atoms with Crippen molar-refractivity contribution in [3.05, 3.63) is 53.4 Å². The molecule has 3 atom stereocenters. The molecule has 0 aliphatic carbocycles. The number of methoxy groups -OCH3 is 1. The van der Waals surface area contributed by atoms with Crippen LogP contribution in [0.5, 0.6) is 5.75 Å². The van der Waals surface area contributed by atoms with Crippen molar-refractivity contribution in [2.24, 2.45) is 0 Å². The molecule has 2 aromatic rings. The van der Waals surface area contributed by atoms with Crippen LogP contribution in [-0.4, -0.2) is 42.5 Å². The molecule has 0 bridgehead atoms. The molecule has 2 heterocycles. The molecule has 11 heteroatoms. The van der Waals surface area contributed by atoms with Gasteiger partial charge in [-0.2, -0.15) is 17.6 Å². The van der Waals surface area contributed by atoms with Crippen molar-refractivity contribution in [3.8, 4) is 5.75 Å². The summed E-state index contributed by atoms with van der Waals surface area (Å²) in [4.78, 5) is 14.1. The Labute approximate surface area is 181 Å². The quantitative estimate of drug-likeness (QED) is 0.488. The summed E-state index contributed by atoms with van der Waals surface area (Å²) in [6.45, 7) is 1.66. The number of nitrogens with zero attached hydrogens (tertiary/aromatic N) is 1. The Hall–Kier alpha value is -2.79. The van der Waals surface area contributed by atoms with Crippen LogP contribution in [0, 0.1) is 11.6 Å². The number of alkyl halides is 3. The molecule has 1 aromatic carbocycles. The average Bonchev–Trinajstić information content (AvgIpc) is 3.26. The highest BCUT2D eigenvalue weighted by Crippen LogP contribution is 2.41. The van der Waals surface area contributed by atoms with E-state index in [0.29, 0.717) is 24.2 Å². The van der Waals surface area contributed by atoms with Gasteiger partial charge in [0.2, 0.25) is 12.2 Å². The third-order valence-electron chi connectivity index (χ3n) is 4.82. The van der Waals surface area contributed by atoms with Gasteiger partial charge in [0.25, 0.3) is 0 Å². The summed E-state index contributed by atoms with van der Waals surface area (Å²) < 4.78 is 73.4. The third kappa shape index (κ3) is 6.36. The summed E-state index contributed by atoms with van der Waals surface area (Å²) in [7, 11) is 1.14. The Balaban J connectivity index is 0.000000244. The number of hydrogen-bond acceptors (Lipinski definition) is 5. The molecule has 1 aromatic heterocycles.